The van der Waals surface area contributed by atoms with Gasteiger partial charge in [-0.05, 0) is 77.3 Å². The van der Waals surface area contributed by atoms with Gasteiger partial charge in [-0.25, -0.2) is 8.42 Å². The third-order valence-electron chi connectivity index (χ3n) is 7.52. The Bertz CT molecular complexity index is 1790. The maximum atomic E-state index is 14.6. The molecule has 1 N–H and O–H groups in total. The van der Waals surface area contributed by atoms with E-state index in [9.17, 15) is 18.0 Å². The molecule has 4 aromatic carbocycles. The van der Waals surface area contributed by atoms with Gasteiger partial charge in [0.15, 0.2) is 0 Å². The lowest BCUT2D eigenvalue weighted by molar-refractivity contribution is -0.140. The van der Waals surface area contributed by atoms with Gasteiger partial charge in [0, 0.05) is 35.1 Å². The summed E-state index contributed by atoms with van der Waals surface area (Å²) in [6.45, 7) is 3.47. The molecule has 0 bridgehead atoms. The Labute approximate surface area is 294 Å². The minimum atomic E-state index is -4.30. The Morgan fingerprint density at radius 3 is 2.19 bits per heavy atom. The van der Waals surface area contributed by atoms with Crippen molar-refractivity contribution >= 4 is 66.7 Å². The highest BCUT2D eigenvalue weighted by molar-refractivity contribution is 9.10. The first-order valence-electron chi connectivity index (χ1n) is 14.9. The number of methoxy groups -OCH3 is 1. The molecule has 8 nitrogen and oxygen atoms in total. The zero-order chi connectivity index (χ0) is 34.1. The van der Waals surface area contributed by atoms with Crippen LogP contribution < -0.4 is 14.4 Å². The second kappa shape index (κ2) is 16.5. The van der Waals surface area contributed by atoms with Crippen LogP contribution >= 0.6 is 39.1 Å². The number of amides is 2. The normalized spacial score (nSPS) is 11.9. The lowest BCUT2D eigenvalue weighted by Crippen LogP contribution is -2.53. The van der Waals surface area contributed by atoms with Crippen LogP contribution in [0.25, 0.3) is 0 Å². The molecule has 248 valence electrons. The Balaban J connectivity index is 1.84. The SMILES string of the molecule is CCCNC(=O)C(Cc1ccccc1)N(Cc1c(Cl)cccc1Cl)C(=O)CN(c1ccc(C)cc1)S(=O)(=O)c1ccc(OC)c(Br)c1. The molecule has 12 heteroatoms. The van der Waals surface area contributed by atoms with Gasteiger partial charge in [0.25, 0.3) is 10.0 Å². The number of aryl methyl sites for hydroxylation is 1. The van der Waals surface area contributed by atoms with E-state index >= 15 is 0 Å². The Morgan fingerprint density at radius 1 is 0.936 bits per heavy atom. The van der Waals surface area contributed by atoms with Crippen molar-refractivity contribution in [1.82, 2.24) is 10.2 Å². The zero-order valence-electron chi connectivity index (χ0n) is 26.3. The van der Waals surface area contributed by atoms with E-state index in [-0.39, 0.29) is 29.5 Å². The van der Waals surface area contributed by atoms with E-state index in [2.05, 4.69) is 21.2 Å². The molecule has 4 rings (SSSR count). The summed E-state index contributed by atoms with van der Waals surface area (Å²) in [5.41, 5.74) is 2.45. The highest BCUT2D eigenvalue weighted by Crippen LogP contribution is 2.32. The number of hydrogen-bond acceptors (Lipinski definition) is 5. The molecule has 1 atom stereocenters. The number of hydrogen-bond donors (Lipinski definition) is 1. The van der Waals surface area contributed by atoms with Gasteiger partial charge in [-0.3, -0.25) is 13.9 Å². The van der Waals surface area contributed by atoms with Gasteiger partial charge in [-0.15, -0.1) is 0 Å². The van der Waals surface area contributed by atoms with Gasteiger partial charge in [0.1, 0.15) is 18.3 Å². The number of nitrogens with one attached hydrogen (secondary N) is 1. The fourth-order valence-corrected chi connectivity index (χ4v) is 7.60. The van der Waals surface area contributed by atoms with Crippen LogP contribution in [0.2, 0.25) is 10.0 Å². The molecular weight excluding hydrogens is 725 g/mol. The second-order valence-corrected chi connectivity index (χ2v) is 14.4. The summed E-state index contributed by atoms with van der Waals surface area (Å²) < 4.78 is 35.4. The standard InChI is InChI=1S/C35H36BrCl2N3O5S/c1-4-19-39-35(43)32(20-25-9-6-5-7-10-25)40(22-28-30(37)11-8-12-31(28)38)34(42)23-41(26-15-13-24(2)14-16-26)47(44,45)27-17-18-33(46-3)29(36)21-27/h5-18,21,32H,4,19-20,22-23H2,1-3H3,(H,39,43). The molecule has 0 heterocycles. The Kier molecular flexibility index (Phi) is 12.7. The topological polar surface area (TPSA) is 96.0 Å². The summed E-state index contributed by atoms with van der Waals surface area (Å²) in [5, 5.41) is 3.55. The number of carbonyl (C=O) groups is 2. The summed E-state index contributed by atoms with van der Waals surface area (Å²) in [6, 6.07) is 24.5. The summed E-state index contributed by atoms with van der Waals surface area (Å²) in [5.74, 6) is -0.548. The summed E-state index contributed by atoms with van der Waals surface area (Å²) in [4.78, 5) is 29.7. The average molecular weight is 762 g/mol. The van der Waals surface area contributed by atoms with E-state index in [0.29, 0.717) is 38.8 Å². The van der Waals surface area contributed by atoms with Crippen molar-refractivity contribution in [2.45, 2.75) is 44.2 Å². The number of carbonyl (C=O) groups excluding carboxylic acids is 2. The third kappa shape index (κ3) is 9.07. The Hall–Kier alpha value is -3.57. The maximum Gasteiger partial charge on any atom is 0.264 e. The summed E-state index contributed by atoms with van der Waals surface area (Å²) >= 11 is 16.5. The van der Waals surface area contributed by atoms with Gasteiger partial charge >= 0.3 is 0 Å². The number of benzene rings is 4. The van der Waals surface area contributed by atoms with Crippen LogP contribution in [0.3, 0.4) is 0 Å². The molecule has 0 radical (unpaired) electrons. The van der Waals surface area contributed by atoms with Crippen LogP contribution in [0.4, 0.5) is 5.69 Å². The predicted octanol–water partition coefficient (Wildman–Crippen LogP) is 7.43. The van der Waals surface area contributed by atoms with Crippen LogP contribution in [0.15, 0.2) is 100 Å². The molecule has 0 aliphatic rings. The van der Waals surface area contributed by atoms with Gasteiger partial charge in [-0.1, -0.05) is 84.2 Å². The van der Waals surface area contributed by atoms with Crippen LogP contribution in [-0.2, 0) is 32.6 Å². The predicted molar refractivity (Wildman–Crippen MR) is 191 cm³/mol. The van der Waals surface area contributed by atoms with Gasteiger partial charge in [0.2, 0.25) is 11.8 Å². The van der Waals surface area contributed by atoms with E-state index < -0.39 is 28.5 Å². The first-order chi connectivity index (χ1) is 22.5. The molecule has 0 aliphatic heterocycles. The summed E-state index contributed by atoms with van der Waals surface area (Å²) in [6.07, 6.45) is 0.859. The quantitative estimate of drug-likeness (QED) is 0.144. The fraction of sp³-hybridized carbons (Fsp3) is 0.257. The number of rotatable bonds is 14. The lowest BCUT2D eigenvalue weighted by Gasteiger charge is -2.34. The van der Waals surface area contributed by atoms with Crippen LogP contribution in [0.1, 0.15) is 30.0 Å². The van der Waals surface area contributed by atoms with Crippen molar-refractivity contribution in [3.63, 3.8) is 0 Å². The van der Waals surface area contributed by atoms with E-state index in [1.165, 1.54) is 30.2 Å². The number of ether oxygens (including phenoxy) is 1. The lowest BCUT2D eigenvalue weighted by atomic mass is 10.0. The third-order valence-corrected chi connectivity index (χ3v) is 10.6. The van der Waals surface area contributed by atoms with Crippen molar-refractivity contribution in [3.05, 3.63) is 122 Å². The molecule has 2 amide bonds. The minimum Gasteiger partial charge on any atom is -0.496 e. The second-order valence-electron chi connectivity index (χ2n) is 10.9. The smallest absolute Gasteiger partial charge is 0.264 e. The minimum absolute atomic E-state index is 0.0548. The molecule has 4 aromatic rings. The van der Waals surface area contributed by atoms with Crippen molar-refractivity contribution < 1.29 is 22.7 Å². The highest BCUT2D eigenvalue weighted by Gasteiger charge is 2.35. The fourth-order valence-electron chi connectivity index (χ4n) is 4.95. The molecule has 47 heavy (non-hydrogen) atoms. The number of halogens is 3. The first kappa shape index (κ1) is 36.3. The van der Waals surface area contributed by atoms with E-state index in [4.69, 9.17) is 27.9 Å². The zero-order valence-corrected chi connectivity index (χ0v) is 30.2. The largest absolute Gasteiger partial charge is 0.496 e. The summed E-state index contributed by atoms with van der Waals surface area (Å²) in [7, 11) is -2.82. The van der Waals surface area contributed by atoms with Crippen LogP contribution in [0.5, 0.6) is 5.75 Å². The van der Waals surface area contributed by atoms with Gasteiger partial charge < -0.3 is 15.0 Å². The molecular formula is C35H36BrCl2N3O5S. The van der Waals surface area contributed by atoms with E-state index in [1.807, 2.05) is 44.2 Å². The van der Waals surface area contributed by atoms with E-state index in [1.54, 1.807) is 42.5 Å². The van der Waals surface area contributed by atoms with Crippen LogP contribution in [0, 0.1) is 6.92 Å². The Morgan fingerprint density at radius 2 is 1.60 bits per heavy atom. The first-order valence-corrected chi connectivity index (χ1v) is 17.9. The van der Waals surface area contributed by atoms with Gasteiger partial charge in [-0.2, -0.15) is 0 Å². The number of anilines is 1. The van der Waals surface area contributed by atoms with Crippen molar-refractivity contribution in [1.29, 1.82) is 0 Å². The van der Waals surface area contributed by atoms with E-state index in [0.717, 1.165) is 15.4 Å². The number of sulfonamides is 1. The molecule has 0 aromatic heterocycles. The molecule has 0 spiro atoms. The van der Waals surface area contributed by atoms with Crippen molar-refractivity contribution in [2.75, 3.05) is 24.5 Å². The molecule has 1 unspecified atom stereocenters. The number of nitrogens with zero attached hydrogens (tertiary/aromatic N) is 2. The molecule has 0 saturated carbocycles. The molecule has 0 aliphatic carbocycles. The maximum absolute atomic E-state index is 14.6. The highest BCUT2D eigenvalue weighted by atomic mass is 79.9. The van der Waals surface area contributed by atoms with Crippen molar-refractivity contribution in [2.24, 2.45) is 0 Å². The van der Waals surface area contributed by atoms with Gasteiger partial charge in [0.05, 0.1) is 22.2 Å². The van der Waals surface area contributed by atoms with Crippen molar-refractivity contribution in [3.8, 4) is 5.75 Å². The molecule has 0 saturated heterocycles. The molecule has 0 fully saturated rings. The average Bonchev–Trinajstić information content (AvgIpc) is 3.06. The van der Waals surface area contributed by atoms with Crippen LogP contribution in [-0.4, -0.2) is 51.4 Å². The monoisotopic (exact) mass is 759 g/mol.